The average Bonchev–Trinajstić information content (AvgIpc) is 2.15. The third kappa shape index (κ3) is 3.09. The Hall–Kier alpha value is -0.810. The van der Waals surface area contributed by atoms with Gasteiger partial charge in [-0.3, -0.25) is 0 Å². The number of hydrogen-bond donors (Lipinski definition) is 0. The van der Waals surface area contributed by atoms with Gasteiger partial charge in [-0.05, 0) is 25.1 Å². The number of sulfone groups is 1. The van der Waals surface area contributed by atoms with Gasteiger partial charge in [0.1, 0.15) is 10.6 Å². The van der Waals surface area contributed by atoms with Crippen LogP contribution in [-0.2, 0) is 9.84 Å². The van der Waals surface area contributed by atoms with Crippen LogP contribution in [0.5, 0.6) is 5.75 Å². The van der Waals surface area contributed by atoms with E-state index in [0.717, 1.165) is 0 Å². The standard InChI is InChI=1S/C11H13BrO3S/c1-8(2)7-16(13,14)11-6-9(12)4-5-10(11)15-3/h4-6H,1,7H2,2-3H3. The first-order chi connectivity index (χ1) is 7.36. The molecule has 1 aromatic carbocycles. The Kier molecular flexibility index (Phi) is 4.15. The van der Waals surface area contributed by atoms with Gasteiger partial charge in [-0.1, -0.05) is 28.1 Å². The molecule has 0 bridgehead atoms. The first-order valence-electron chi connectivity index (χ1n) is 4.57. The lowest BCUT2D eigenvalue weighted by atomic mass is 10.3. The van der Waals surface area contributed by atoms with Crippen molar-refractivity contribution in [1.82, 2.24) is 0 Å². The van der Waals surface area contributed by atoms with Gasteiger partial charge in [-0.15, -0.1) is 0 Å². The Morgan fingerprint density at radius 1 is 1.50 bits per heavy atom. The molecule has 0 saturated carbocycles. The number of halogens is 1. The maximum Gasteiger partial charge on any atom is 0.185 e. The summed E-state index contributed by atoms with van der Waals surface area (Å²) in [7, 11) is -1.93. The summed E-state index contributed by atoms with van der Waals surface area (Å²) in [6.45, 7) is 5.29. The molecule has 0 heterocycles. The molecule has 0 spiro atoms. The molecule has 1 rings (SSSR count). The Morgan fingerprint density at radius 3 is 2.62 bits per heavy atom. The van der Waals surface area contributed by atoms with Crippen molar-refractivity contribution in [1.29, 1.82) is 0 Å². The predicted molar refractivity (Wildman–Crippen MR) is 67.6 cm³/mol. The van der Waals surface area contributed by atoms with Gasteiger partial charge in [-0.25, -0.2) is 8.42 Å². The molecule has 0 radical (unpaired) electrons. The van der Waals surface area contributed by atoms with Gasteiger partial charge in [-0.2, -0.15) is 0 Å². The van der Waals surface area contributed by atoms with E-state index in [4.69, 9.17) is 4.74 Å². The minimum Gasteiger partial charge on any atom is -0.495 e. The van der Waals surface area contributed by atoms with Crippen LogP contribution in [0.3, 0.4) is 0 Å². The predicted octanol–water partition coefficient (Wildman–Crippen LogP) is 2.81. The molecular weight excluding hydrogens is 292 g/mol. The van der Waals surface area contributed by atoms with E-state index in [1.54, 1.807) is 19.1 Å². The van der Waals surface area contributed by atoms with Crippen molar-refractivity contribution in [3.8, 4) is 5.75 Å². The molecule has 0 atom stereocenters. The zero-order valence-electron chi connectivity index (χ0n) is 9.16. The average molecular weight is 305 g/mol. The van der Waals surface area contributed by atoms with Gasteiger partial charge >= 0.3 is 0 Å². The maximum atomic E-state index is 12.0. The molecule has 0 aliphatic carbocycles. The van der Waals surface area contributed by atoms with Gasteiger partial charge in [0.2, 0.25) is 0 Å². The Morgan fingerprint density at radius 2 is 2.12 bits per heavy atom. The van der Waals surface area contributed by atoms with E-state index in [2.05, 4.69) is 22.5 Å². The Labute approximate surface area is 104 Å². The number of ether oxygens (including phenoxy) is 1. The fourth-order valence-electron chi connectivity index (χ4n) is 1.30. The first kappa shape index (κ1) is 13.3. The van der Waals surface area contributed by atoms with Crippen LogP contribution >= 0.6 is 15.9 Å². The fourth-order valence-corrected chi connectivity index (χ4v) is 3.38. The monoisotopic (exact) mass is 304 g/mol. The van der Waals surface area contributed by atoms with Crippen LogP contribution in [0, 0.1) is 0 Å². The van der Waals surface area contributed by atoms with Crippen molar-refractivity contribution < 1.29 is 13.2 Å². The molecule has 0 unspecified atom stereocenters. The molecular formula is C11H13BrO3S. The second-order valence-corrected chi connectivity index (χ2v) is 6.39. The van der Waals surface area contributed by atoms with E-state index in [0.29, 0.717) is 15.8 Å². The highest BCUT2D eigenvalue weighted by Crippen LogP contribution is 2.28. The second-order valence-electron chi connectivity index (χ2n) is 3.51. The van der Waals surface area contributed by atoms with Crippen molar-refractivity contribution >= 4 is 25.8 Å². The second kappa shape index (κ2) is 5.01. The number of benzene rings is 1. The zero-order chi connectivity index (χ0) is 12.3. The summed E-state index contributed by atoms with van der Waals surface area (Å²) in [5.74, 6) is 0.282. The van der Waals surface area contributed by atoms with Crippen LogP contribution in [0.2, 0.25) is 0 Å². The Balaban J connectivity index is 3.31. The van der Waals surface area contributed by atoms with E-state index < -0.39 is 9.84 Å². The highest BCUT2D eigenvalue weighted by molar-refractivity contribution is 9.10. The van der Waals surface area contributed by atoms with Gasteiger partial charge < -0.3 is 4.74 Å². The normalized spacial score (nSPS) is 11.2. The highest BCUT2D eigenvalue weighted by atomic mass is 79.9. The van der Waals surface area contributed by atoms with Gasteiger partial charge in [0, 0.05) is 4.47 Å². The summed E-state index contributed by atoms with van der Waals surface area (Å²) in [6.07, 6.45) is 0. The summed E-state index contributed by atoms with van der Waals surface area (Å²) < 4.78 is 29.8. The Bertz CT molecular complexity index is 506. The third-order valence-corrected chi connectivity index (χ3v) is 4.25. The van der Waals surface area contributed by atoms with Gasteiger partial charge in [0.15, 0.2) is 9.84 Å². The largest absolute Gasteiger partial charge is 0.495 e. The molecule has 0 aromatic heterocycles. The molecule has 5 heteroatoms. The van der Waals surface area contributed by atoms with Crippen LogP contribution < -0.4 is 4.74 Å². The van der Waals surface area contributed by atoms with Crippen LogP contribution in [0.15, 0.2) is 39.7 Å². The van der Waals surface area contributed by atoms with E-state index in [1.807, 2.05) is 0 Å². The van der Waals surface area contributed by atoms with Crippen LogP contribution in [0.4, 0.5) is 0 Å². The van der Waals surface area contributed by atoms with E-state index in [-0.39, 0.29) is 10.6 Å². The molecule has 0 saturated heterocycles. The molecule has 0 aliphatic rings. The highest BCUT2D eigenvalue weighted by Gasteiger charge is 2.19. The molecule has 3 nitrogen and oxygen atoms in total. The first-order valence-corrected chi connectivity index (χ1v) is 7.02. The summed E-state index contributed by atoms with van der Waals surface area (Å²) in [5, 5.41) is 0. The lowest BCUT2D eigenvalue weighted by Crippen LogP contribution is -2.09. The zero-order valence-corrected chi connectivity index (χ0v) is 11.6. The minimum atomic E-state index is -3.38. The molecule has 0 N–H and O–H groups in total. The summed E-state index contributed by atoms with van der Waals surface area (Å²) in [4.78, 5) is 0.187. The number of methoxy groups -OCH3 is 1. The summed E-state index contributed by atoms with van der Waals surface area (Å²) >= 11 is 3.24. The lowest BCUT2D eigenvalue weighted by Gasteiger charge is -2.09. The lowest BCUT2D eigenvalue weighted by molar-refractivity contribution is 0.402. The molecule has 16 heavy (non-hydrogen) atoms. The SMILES string of the molecule is C=C(C)CS(=O)(=O)c1cc(Br)ccc1OC. The summed E-state index contributed by atoms with van der Waals surface area (Å²) in [6, 6.07) is 4.89. The third-order valence-electron chi connectivity index (χ3n) is 1.90. The molecule has 1 aromatic rings. The van der Waals surface area contributed by atoms with E-state index >= 15 is 0 Å². The van der Waals surface area contributed by atoms with Gasteiger partial charge in [0.25, 0.3) is 0 Å². The summed E-state index contributed by atoms with van der Waals surface area (Å²) in [5.41, 5.74) is 0.599. The molecule has 0 fully saturated rings. The number of hydrogen-bond acceptors (Lipinski definition) is 3. The smallest absolute Gasteiger partial charge is 0.185 e. The quantitative estimate of drug-likeness (QED) is 0.803. The van der Waals surface area contributed by atoms with E-state index in [1.165, 1.54) is 13.2 Å². The van der Waals surface area contributed by atoms with Crippen LogP contribution in [0.25, 0.3) is 0 Å². The number of rotatable bonds is 4. The fraction of sp³-hybridized carbons (Fsp3) is 0.273. The molecule has 0 aliphatic heterocycles. The van der Waals surface area contributed by atoms with Gasteiger partial charge in [0.05, 0.1) is 12.9 Å². The molecule has 88 valence electrons. The molecule has 0 amide bonds. The van der Waals surface area contributed by atoms with Crippen LogP contribution in [0.1, 0.15) is 6.92 Å². The van der Waals surface area contributed by atoms with Crippen molar-refractivity contribution in [2.45, 2.75) is 11.8 Å². The minimum absolute atomic E-state index is 0.0696. The van der Waals surface area contributed by atoms with Crippen molar-refractivity contribution in [2.75, 3.05) is 12.9 Å². The topological polar surface area (TPSA) is 43.4 Å². The maximum absolute atomic E-state index is 12.0. The van der Waals surface area contributed by atoms with Crippen molar-refractivity contribution in [3.63, 3.8) is 0 Å². The van der Waals surface area contributed by atoms with Crippen LogP contribution in [-0.4, -0.2) is 21.3 Å². The van der Waals surface area contributed by atoms with E-state index in [9.17, 15) is 8.42 Å². The van der Waals surface area contributed by atoms with Crippen molar-refractivity contribution in [2.24, 2.45) is 0 Å². The van der Waals surface area contributed by atoms with Crippen molar-refractivity contribution in [3.05, 3.63) is 34.8 Å².